The van der Waals surface area contributed by atoms with Crippen molar-refractivity contribution in [3.8, 4) is 0 Å². The summed E-state index contributed by atoms with van der Waals surface area (Å²) in [4.78, 5) is 28.3. The summed E-state index contributed by atoms with van der Waals surface area (Å²) in [6, 6.07) is 5.05. The number of anilines is 2. The van der Waals surface area contributed by atoms with Gasteiger partial charge in [-0.2, -0.15) is 0 Å². The highest BCUT2D eigenvalue weighted by Crippen LogP contribution is 2.10. The van der Waals surface area contributed by atoms with Crippen LogP contribution < -0.4 is 10.8 Å². The SMILES string of the molecule is CCONC(=O)c1ccc(Nc2ccncn2)nc1. The standard InChI is InChI=1S/C12H13N5O2/c1-2-19-17-12(18)9-3-4-10(14-7-9)16-11-5-6-13-8-15-11/h3-8H,2H2,1H3,(H,17,18)(H,13,14,15,16). The van der Waals surface area contributed by atoms with Gasteiger partial charge in [-0.25, -0.2) is 20.4 Å². The molecule has 2 rings (SSSR count). The van der Waals surface area contributed by atoms with Crippen LogP contribution in [0.2, 0.25) is 0 Å². The van der Waals surface area contributed by atoms with Gasteiger partial charge in [-0.1, -0.05) is 0 Å². The lowest BCUT2D eigenvalue weighted by Crippen LogP contribution is -2.23. The van der Waals surface area contributed by atoms with Gasteiger partial charge in [0.15, 0.2) is 0 Å². The highest BCUT2D eigenvalue weighted by molar-refractivity contribution is 5.93. The van der Waals surface area contributed by atoms with E-state index in [9.17, 15) is 4.79 Å². The van der Waals surface area contributed by atoms with Crippen molar-refractivity contribution in [3.05, 3.63) is 42.5 Å². The Morgan fingerprint density at radius 3 is 2.74 bits per heavy atom. The van der Waals surface area contributed by atoms with Crippen LogP contribution in [0.25, 0.3) is 0 Å². The third-order valence-corrected chi connectivity index (χ3v) is 2.17. The number of aromatic nitrogens is 3. The topological polar surface area (TPSA) is 89.0 Å². The first-order valence-corrected chi connectivity index (χ1v) is 5.71. The molecule has 0 fully saturated rings. The number of hydrogen-bond donors (Lipinski definition) is 2. The zero-order valence-electron chi connectivity index (χ0n) is 10.3. The van der Waals surface area contributed by atoms with Crippen molar-refractivity contribution in [2.75, 3.05) is 11.9 Å². The fourth-order valence-electron chi connectivity index (χ4n) is 1.29. The Morgan fingerprint density at radius 1 is 1.26 bits per heavy atom. The molecular formula is C12H13N5O2. The van der Waals surface area contributed by atoms with Gasteiger partial charge in [-0.15, -0.1) is 0 Å². The van der Waals surface area contributed by atoms with E-state index in [1.54, 1.807) is 31.3 Å². The van der Waals surface area contributed by atoms with Crippen LogP contribution in [-0.4, -0.2) is 27.5 Å². The van der Waals surface area contributed by atoms with E-state index in [0.29, 0.717) is 23.8 Å². The summed E-state index contributed by atoms with van der Waals surface area (Å²) in [5.41, 5.74) is 2.72. The average molecular weight is 259 g/mol. The maximum absolute atomic E-state index is 11.6. The van der Waals surface area contributed by atoms with Crippen molar-refractivity contribution < 1.29 is 9.63 Å². The predicted octanol–water partition coefficient (Wildman–Crippen LogP) is 1.30. The quantitative estimate of drug-likeness (QED) is 0.787. The zero-order valence-corrected chi connectivity index (χ0v) is 10.3. The number of nitrogens with one attached hydrogen (secondary N) is 2. The molecule has 0 spiro atoms. The lowest BCUT2D eigenvalue weighted by atomic mass is 10.3. The second-order valence-corrected chi connectivity index (χ2v) is 3.52. The molecule has 7 nitrogen and oxygen atoms in total. The maximum Gasteiger partial charge on any atom is 0.276 e. The van der Waals surface area contributed by atoms with Crippen molar-refractivity contribution >= 4 is 17.5 Å². The highest BCUT2D eigenvalue weighted by Gasteiger charge is 2.05. The Hall–Kier alpha value is -2.54. The van der Waals surface area contributed by atoms with Gasteiger partial charge in [0.1, 0.15) is 18.0 Å². The van der Waals surface area contributed by atoms with Gasteiger partial charge < -0.3 is 5.32 Å². The number of carbonyl (C=O) groups excluding carboxylic acids is 1. The normalized spacial score (nSPS) is 9.95. The zero-order chi connectivity index (χ0) is 13.5. The molecule has 0 atom stereocenters. The molecule has 0 aliphatic carbocycles. The first-order chi connectivity index (χ1) is 9.29. The lowest BCUT2D eigenvalue weighted by molar-refractivity contribution is 0.0364. The third kappa shape index (κ3) is 3.71. The molecule has 0 aromatic carbocycles. The first-order valence-electron chi connectivity index (χ1n) is 5.71. The summed E-state index contributed by atoms with van der Waals surface area (Å²) in [5.74, 6) is 0.892. The van der Waals surface area contributed by atoms with Crippen LogP contribution in [-0.2, 0) is 4.84 Å². The lowest BCUT2D eigenvalue weighted by Gasteiger charge is -2.06. The van der Waals surface area contributed by atoms with E-state index in [0.717, 1.165) is 0 Å². The van der Waals surface area contributed by atoms with Gasteiger partial charge >= 0.3 is 0 Å². The number of hydrogen-bond acceptors (Lipinski definition) is 6. The molecule has 0 radical (unpaired) electrons. The van der Waals surface area contributed by atoms with Crippen LogP contribution in [0.15, 0.2) is 36.9 Å². The minimum absolute atomic E-state index is 0.331. The Balaban J connectivity index is 2.00. The van der Waals surface area contributed by atoms with Gasteiger partial charge in [-0.05, 0) is 25.1 Å². The molecule has 1 amide bonds. The van der Waals surface area contributed by atoms with Gasteiger partial charge in [0.2, 0.25) is 0 Å². The molecule has 0 unspecified atom stereocenters. The number of amides is 1. The summed E-state index contributed by atoms with van der Waals surface area (Å²) >= 11 is 0. The molecule has 2 N–H and O–H groups in total. The van der Waals surface area contributed by atoms with Crippen LogP contribution in [0.5, 0.6) is 0 Å². The summed E-state index contributed by atoms with van der Waals surface area (Å²) < 4.78 is 0. The van der Waals surface area contributed by atoms with Crippen molar-refractivity contribution in [3.63, 3.8) is 0 Å². The second kappa shape index (κ2) is 6.41. The van der Waals surface area contributed by atoms with Gasteiger partial charge in [0.25, 0.3) is 5.91 Å². The van der Waals surface area contributed by atoms with E-state index < -0.39 is 0 Å². The van der Waals surface area contributed by atoms with Crippen molar-refractivity contribution in [2.24, 2.45) is 0 Å². The van der Waals surface area contributed by atoms with Crippen LogP contribution in [0.4, 0.5) is 11.6 Å². The Kier molecular flexibility index (Phi) is 4.35. The second-order valence-electron chi connectivity index (χ2n) is 3.52. The van der Waals surface area contributed by atoms with Crippen molar-refractivity contribution in [1.29, 1.82) is 0 Å². The molecular weight excluding hydrogens is 246 g/mol. The van der Waals surface area contributed by atoms with Gasteiger partial charge in [-0.3, -0.25) is 9.63 Å². The fraction of sp³-hybridized carbons (Fsp3) is 0.167. The van der Waals surface area contributed by atoms with Crippen LogP contribution in [0.1, 0.15) is 17.3 Å². The summed E-state index contributed by atoms with van der Waals surface area (Å²) in [6.45, 7) is 2.19. The third-order valence-electron chi connectivity index (χ3n) is 2.17. The molecule has 19 heavy (non-hydrogen) atoms. The minimum atomic E-state index is -0.331. The molecule has 0 bridgehead atoms. The minimum Gasteiger partial charge on any atom is -0.325 e. The Morgan fingerprint density at radius 2 is 2.11 bits per heavy atom. The average Bonchev–Trinajstić information content (AvgIpc) is 2.46. The van der Waals surface area contributed by atoms with Gasteiger partial charge in [0.05, 0.1) is 12.2 Å². The maximum atomic E-state index is 11.6. The van der Waals surface area contributed by atoms with E-state index in [1.165, 1.54) is 12.5 Å². The van der Waals surface area contributed by atoms with E-state index >= 15 is 0 Å². The number of carbonyl (C=O) groups is 1. The Bertz CT molecular complexity index is 530. The number of hydroxylamine groups is 1. The van der Waals surface area contributed by atoms with Gasteiger partial charge in [0, 0.05) is 12.4 Å². The number of nitrogens with zero attached hydrogens (tertiary/aromatic N) is 3. The molecule has 2 aromatic heterocycles. The van der Waals surface area contributed by atoms with Crippen molar-refractivity contribution in [2.45, 2.75) is 6.92 Å². The molecule has 0 aliphatic rings. The molecule has 0 saturated heterocycles. The summed E-state index contributed by atoms with van der Waals surface area (Å²) in [6.07, 6.45) is 4.52. The smallest absolute Gasteiger partial charge is 0.276 e. The molecule has 2 heterocycles. The number of rotatable bonds is 5. The highest BCUT2D eigenvalue weighted by atomic mass is 16.6. The van der Waals surface area contributed by atoms with E-state index in [-0.39, 0.29) is 5.91 Å². The van der Waals surface area contributed by atoms with E-state index in [1.807, 2.05) is 0 Å². The molecule has 7 heteroatoms. The first kappa shape index (κ1) is 12.9. The molecule has 98 valence electrons. The molecule has 0 aliphatic heterocycles. The fourth-order valence-corrected chi connectivity index (χ4v) is 1.29. The van der Waals surface area contributed by atoms with Crippen LogP contribution in [0.3, 0.4) is 0 Å². The van der Waals surface area contributed by atoms with E-state index in [2.05, 4.69) is 25.7 Å². The number of pyridine rings is 1. The molecule has 2 aromatic rings. The van der Waals surface area contributed by atoms with E-state index in [4.69, 9.17) is 4.84 Å². The van der Waals surface area contributed by atoms with Crippen LogP contribution >= 0.6 is 0 Å². The monoisotopic (exact) mass is 259 g/mol. The summed E-state index contributed by atoms with van der Waals surface area (Å²) in [7, 11) is 0. The van der Waals surface area contributed by atoms with Crippen molar-refractivity contribution in [1.82, 2.24) is 20.4 Å². The Labute approximate surface area is 110 Å². The molecule has 0 saturated carbocycles. The summed E-state index contributed by atoms with van der Waals surface area (Å²) in [5, 5.41) is 2.99. The largest absolute Gasteiger partial charge is 0.325 e. The van der Waals surface area contributed by atoms with Crippen LogP contribution in [0, 0.1) is 0 Å². The predicted molar refractivity (Wildman–Crippen MR) is 68.6 cm³/mol.